The molecule has 0 saturated carbocycles. The fourth-order valence-corrected chi connectivity index (χ4v) is 1.96. The maximum Gasteiger partial charge on any atom is 0.142 e. The quantitative estimate of drug-likeness (QED) is 0.670. The maximum absolute atomic E-state index is 11.7. The zero-order valence-electron chi connectivity index (χ0n) is 8.44. The van der Waals surface area contributed by atoms with Crippen molar-refractivity contribution in [2.45, 2.75) is 12.3 Å². The van der Waals surface area contributed by atoms with Gasteiger partial charge in [0.25, 0.3) is 0 Å². The van der Waals surface area contributed by atoms with Gasteiger partial charge in [0, 0.05) is 19.5 Å². The first-order valence-electron chi connectivity index (χ1n) is 5.03. The second kappa shape index (κ2) is 3.93. The molecule has 74 valence electrons. The minimum Gasteiger partial charge on any atom is -0.305 e. The number of piperidine rings is 1. The average Bonchev–Trinajstić information content (AvgIpc) is 2.23. The third-order valence-electron chi connectivity index (χ3n) is 2.82. The number of likely N-dealkylation sites (N-methyl/N-ethyl adjacent to an activating group) is 1. The molecule has 2 heteroatoms. The highest BCUT2D eigenvalue weighted by atomic mass is 16.1. The Morgan fingerprint density at radius 3 is 2.71 bits per heavy atom. The zero-order chi connectivity index (χ0) is 9.97. The van der Waals surface area contributed by atoms with Crippen molar-refractivity contribution in [2.75, 3.05) is 20.1 Å². The van der Waals surface area contributed by atoms with Crippen LogP contribution in [0.2, 0.25) is 0 Å². The molecule has 1 atom stereocenters. The van der Waals surface area contributed by atoms with Gasteiger partial charge in [0.2, 0.25) is 0 Å². The molecule has 0 radical (unpaired) electrons. The van der Waals surface area contributed by atoms with E-state index in [1.54, 1.807) is 0 Å². The van der Waals surface area contributed by atoms with Crippen LogP contribution in [0, 0.1) is 0 Å². The summed E-state index contributed by atoms with van der Waals surface area (Å²) in [6.45, 7) is 1.77. The van der Waals surface area contributed by atoms with E-state index in [4.69, 9.17) is 0 Å². The lowest BCUT2D eigenvalue weighted by Crippen LogP contribution is -2.36. The predicted molar refractivity (Wildman–Crippen MR) is 56.3 cm³/mol. The lowest BCUT2D eigenvalue weighted by Gasteiger charge is -2.28. The molecule has 0 spiro atoms. The number of hydrogen-bond donors (Lipinski definition) is 0. The molecule has 0 bridgehead atoms. The number of hydrogen-bond acceptors (Lipinski definition) is 2. The molecule has 2 rings (SSSR count). The summed E-state index contributed by atoms with van der Waals surface area (Å²) in [6.07, 6.45) is 0.691. The lowest BCUT2D eigenvalue weighted by atomic mass is 9.90. The van der Waals surface area contributed by atoms with Crippen LogP contribution < -0.4 is 0 Å². The van der Waals surface area contributed by atoms with Gasteiger partial charge in [-0.05, 0) is 12.6 Å². The summed E-state index contributed by atoms with van der Waals surface area (Å²) < 4.78 is 0. The Morgan fingerprint density at radius 1 is 1.29 bits per heavy atom. The highest BCUT2D eigenvalue weighted by molar-refractivity contribution is 5.86. The average molecular weight is 189 g/mol. The minimum absolute atomic E-state index is 0.0925. The first-order valence-corrected chi connectivity index (χ1v) is 5.03. The van der Waals surface area contributed by atoms with Crippen LogP contribution in [0.3, 0.4) is 0 Å². The van der Waals surface area contributed by atoms with Gasteiger partial charge < -0.3 is 4.90 Å². The van der Waals surface area contributed by atoms with E-state index < -0.39 is 0 Å². The molecule has 0 N–H and O–H groups in total. The van der Waals surface area contributed by atoms with Crippen LogP contribution in [0.5, 0.6) is 0 Å². The second-order valence-electron chi connectivity index (χ2n) is 3.94. The molecule has 14 heavy (non-hydrogen) atoms. The van der Waals surface area contributed by atoms with E-state index in [9.17, 15) is 4.79 Å². The molecule has 1 aromatic rings. The Labute approximate surface area is 84.5 Å². The molecule has 1 aliphatic rings. The summed E-state index contributed by atoms with van der Waals surface area (Å²) in [7, 11) is 2.07. The van der Waals surface area contributed by atoms with Gasteiger partial charge in [0.05, 0.1) is 5.92 Å². The van der Waals surface area contributed by atoms with E-state index in [1.807, 2.05) is 30.3 Å². The van der Waals surface area contributed by atoms with Gasteiger partial charge >= 0.3 is 0 Å². The Kier molecular flexibility index (Phi) is 2.64. The molecular weight excluding hydrogens is 174 g/mol. The van der Waals surface area contributed by atoms with Crippen LogP contribution in [-0.2, 0) is 4.79 Å². The predicted octanol–water partition coefficient (Wildman–Crippen LogP) is 1.67. The van der Waals surface area contributed by atoms with Crippen molar-refractivity contribution in [3.63, 3.8) is 0 Å². The first kappa shape index (κ1) is 9.41. The van der Waals surface area contributed by atoms with Crippen LogP contribution in [0.15, 0.2) is 30.3 Å². The fraction of sp³-hybridized carbons (Fsp3) is 0.417. The van der Waals surface area contributed by atoms with Gasteiger partial charge in [0.15, 0.2) is 0 Å². The lowest BCUT2D eigenvalue weighted by molar-refractivity contribution is -0.123. The van der Waals surface area contributed by atoms with E-state index in [1.165, 1.54) is 0 Å². The normalized spacial score (nSPS) is 23.8. The SMILES string of the molecule is CN1CCC(=O)[C@@H](c2ccccc2)C1. The molecular formula is C12H15NO. The zero-order valence-corrected chi connectivity index (χ0v) is 8.44. The summed E-state index contributed by atoms with van der Waals surface area (Å²) in [5.41, 5.74) is 1.16. The van der Waals surface area contributed by atoms with E-state index in [-0.39, 0.29) is 5.92 Å². The number of likely N-dealkylation sites (tertiary alicyclic amines) is 1. The Hall–Kier alpha value is -1.15. The molecule has 1 heterocycles. The molecule has 1 saturated heterocycles. The molecule has 1 aromatic carbocycles. The maximum atomic E-state index is 11.7. The van der Waals surface area contributed by atoms with Gasteiger partial charge in [-0.25, -0.2) is 0 Å². The van der Waals surface area contributed by atoms with E-state index >= 15 is 0 Å². The van der Waals surface area contributed by atoms with Crippen molar-refractivity contribution in [2.24, 2.45) is 0 Å². The summed E-state index contributed by atoms with van der Waals surface area (Å²) in [4.78, 5) is 13.9. The number of rotatable bonds is 1. The Bertz CT molecular complexity index is 320. The molecule has 0 aliphatic carbocycles. The van der Waals surface area contributed by atoms with Crippen LogP contribution in [0.1, 0.15) is 17.9 Å². The van der Waals surface area contributed by atoms with Crippen molar-refractivity contribution < 1.29 is 4.79 Å². The number of Topliss-reactive ketones (excluding diaryl/α,β-unsaturated/α-hetero) is 1. The third kappa shape index (κ3) is 1.85. The summed E-state index contributed by atoms with van der Waals surface area (Å²) in [5, 5.41) is 0. The molecule has 2 nitrogen and oxygen atoms in total. The number of benzene rings is 1. The molecule has 1 aliphatic heterocycles. The number of nitrogens with zero attached hydrogens (tertiary/aromatic N) is 1. The van der Waals surface area contributed by atoms with Gasteiger partial charge in [-0.15, -0.1) is 0 Å². The first-order chi connectivity index (χ1) is 6.77. The topological polar surface area (TPSA) is 20.3 Å². The number of carbonyl (C=O) groups is 1. The van der Waals surface area contributed by atoms with E-state index in [2.05, 4.69) is 11.9 Å². The number of ketones is 1. The van der Waals surface area contributed by atoms with Crippen LogP contribution in [0.4, 0.5) is 0 Å². The number of carbonyl (C=O) groups excluding carboxylic acids is 1. The largest absolute Gasteiger partial charge is 0.305 e. The third-order valence-corrected chi connectivity index (χ3v) is 2.82. The Balaban J connectivity index is 2.20. The monoisotopic (exact) mass is 189 g/mol. The van der Waals surface area contributed by atoms with Gasteiger partial charge in [-0.2, -0.15) is 0 Å². The van der Waals surface area contributed by atoms with Gasteiger partial charge in [-0.3, -0.25) is 4.79 Å². The minimum atomic E-state index is 0.0925. The highest BCUT2D eigenvalue weighted by Crippen LogP contribution is 2.22. The van der Waals surface area contributed by atoms with Crippen LogP contribution in [0.25, 0.3) is 0 Å². The van der Waals surface area contributed by atoms with Crippen molar-refractivity contribution in [1.29, 1.82) is 0 Å². The molecule has 1 fully saturated rings. The van der Waals surface area contributed by atoms with Gasteiger partial charge in [0.1, 0.15) is 5.78 Å². The van der Waals surface area contributed by atoms with Crippen molar-refractivity contribution in [3.8, 4) is 0 Å². The molecule has 0 aromatic heterocycles. The fourth-order valence-electron chi connectivity index (χ4n) is 1.96. The smallest absolute Gasteiger partial charge is 0.142 e. The van der Waals surface area contributed by atoms with Crippen LogP contribution in [-0.4, -0.2) is 30.8 Å². The standard InChI is InChI=1S/C12H15NO/c1-13-8-7-12(14)11(9-13)10-5-3-2-4-6-10/h2-6,11H,7-9H2,1H3/t11-/m1/s1. The van der Waals surface area contributed by atoms with E-state index in [0.29, 0.717) is 12.2 Å². The summed E-state index contributed by atoms with van der Waals surface area (Å²) >= 11 is 0. The van der Waals surface area contributed by atoms with Crippen molar-refractivity contribution >= 4 is 5.78 Å². The van der Waals surface area contributed by atoms with Crippen molar-refractivity contribution in [1.82, 2.24) is 4.90 Å². The summed E-state index contributed by atoms with van der Waals surface area (Å²) in [6, 6.07) is 10.1. The summed E-state index contributed by atoms with van der Waals surface area (Å²) in [5.74, 6) is 0.476. The molecule has 0 amide bonds. The molecule has 0 unspecified atom stereocenters. The second-order valence-corrected chi connectivity index (χ2v) is 3.94. The Morgan fingerprint density at radius 2 is 2.00 bits per heavy atom. The van der Waals surface area contributed by atoms with Crippen LogP contribution >= 0.6 is 0 Å². The highest BCUT2D eigenvalue weighted by Gasteiger charge is 2.26. The van der Waals surface area contributed by atoms with E-state index in [0.717, 1.165) is 18.7 Å². The van der Waals surface area contributed by atoms with Gasteiger partial charge in [-0.1, -0.05) is 30.3 Å². The van der Waals surface area contributed by atoms with Crippen molar-refractivity contribution in [3.05, 3.63) is 35.9 Å².